The van der Waals surface area contributed by atoms with Crippen LogP contribution >= 0.6 is 34.0 Å². The molecule has 198 valence electrons. The average Bonchev–Trinajstić information content (AvgIpc) is 2.93. The van der Waals surface area contributed by atoms with Crippen LogP contribution in [0.2, 0.25) is 0 Å². The first kappa shape index (κ1) is 31.5. The van der Waals surface area contributed by atoms with Crippen LogP contribution in [0.25, 0.3) is 0 Å². The molecule has 1 saturated heterocycles. The van der Waals surface area contributed by atoms with Gasteiger partial charge in [0, 0.05) is 12.3 Å². The Bertz CT molecular complexity index is 822. The van der Waals surface area contributed by atoms with Gasteiger partial charge in [-0.2, -0.15) is 0 Å². The van der Waals surface area contributed by atoms with E-state index in [9.17, 15) is 19.5 Å². The predicted molar refractivity (Wildman–Crippen MR) is 144 cm³/mol. The molecule has 2 atom stereocenters. The number of halogens is 2. The lowest BCUT2D eigenvalue weighted by atomic mass is 9.95. The highest BCUT2D eigenvalue weighted by Crippen LogP contribution is 2.27. The summed E-state index contributed by atoms with van der Waals surface area (Å²) in [6.07, 6.45) is 4.21. The van der Waals surface area contributed by atoms with Gasteiger partial charge in [-0.25, -0.2) is 0 Å². The van der Waals surface area contributed by atoms with E-state index in [1.807, 2.05) is 12.1 Å². The molecule has 0 aliphatic carbocycles. The maximum atomic E-state index is 13.3. The van der Waals surface area contributed by atoms with E-state index in [1.165, 1.54) is 4.90 Å². The third-order valence-electron chi connectivity index (χ3n) is 6.23. The zero-order valence-electron chi connectivity index (χ0n) is 20.1. The third kappa shape index (κ3) is 9.45. The van der Waals surface area contributed by atoms with E-state index in [1.54, 1.807) is 19.1 Å². The maximum absolute atomic E-state index is 13.3. The van der Waals surface area contributed by atoms with Crippen LogP contribution in [0, 0.1) is 5.92 Å². The fourth-order valence-electron chi connectivity index (χ4n) is 4.46. The summed E-state index contributed by atoms with van der Waals surface area (Å²) >= 11 is 0. The van der Waals surface area contributed by atoms with Gasteiger partial charge in [0.25, 0.3) is 0 Å². The number of carboxylic acids is 1. The van der Waals surface area contributed by atoms with E-state index in [-0.39, 0.29) is 53.1 Å². The molecule has 1 fully saturated rings. The Morgan fingerprint density at radius 3 is 2.60 bits per heavy atom. The number of carboxylic acid groups (broad SMARTS) is 1. The highest BCUT2D eigenvalue weighted by Gasteiger charge is 2.34. The average molecular weight is 623 g/mol. The number of ether oxygens (including phenoxy) is 2. The lowest BCUT2D eigenvalue weighted by molar-refractivity contribution is -0.148. The molecule has 1 unspecified atom stereocenters. The zero-order chi connectivity index (χ0) is 23.6. The van der Waals surface area contributed by atoms with E-state index in [4.69, 9.17) is 9.47 Å². The van der Waals surface area contributed by atoms with Crippen molar-refractivity contribution in [2.75, 3.05) is 44.4 Å². The highest BCUT2D eigenvalue weighted by atomic mass is 79.9. The van der Waals surface area contributed by atoms with Gasteiger partial charge < -0.3 is 19.9 Å². The van der Waals surface area contributed by atoms with Gasteiger partial charge in [0.15, 0.2) is 0 Å². The molecule has 0 saturated carbocycles. The van der Waals surface area contributed by atoms with E-state index < -0.39 is 30.6 Å². The first-order valence-corrected chi connectivity index (χ1v) is 11.8. The van der Waals surface area contributed by atoms with Crippen molar-refractivity contribution < 1.29 is 29.0 Å². The Labute approximate surface area is 227 Å². The summed E-state index contributed by atoms with van der Waals surface area (Å²) in [7, 11) is 0. The van der Waals surface area contributed by atoms with Crippen LogP contribution in [0.15, 0.2) is 24.3 Å². The van der Waals surface area contributed by atoms with Gasteiger partial charge in [0.1, 0.15) is 12.6 Å². The number of esters is 1. The second-order valence-corrected chi connectivity index (χ2v) is 8.57. The van der Waals surface area contributed by atoms with Crippen molar-refractivity contribution in [1.29, 1.82) is 0 Å². The van der Waals surface area contributed by atoms with Crippen molar-refractivity contribution in [1.82, 2.24) is 10.6 Å². The van der Waals surface area contributed by atoms with E-state index in [0.717, 1.165) is 37.9 Å². The highest BCUT2D eigenvalue weighted by molar-refractivity contribution is 8.93. The molecule has 2 aliphatic rings. The van der Waals surface area contributed by atoms with Gasteiger partial charge in [-0.3, -0.25) is 24.6 Å². The second-order valence-electron chi connectivity index (χ2n) is 8.57. The number of nitrogens with one attached hydrogen (secondary N) is 2. The van der Waals surface area contributed by atoms with Crippen molar-refractivity contribution in [3.05, 3.63) is 29.8 Å². The number of piperidine rings is 1. The number of amides is 1. The van der Waals surface area contributed by atoms with E-state index in [0.29, 0.717) is 31.1 Å². The standard InChI is InChI=1S/C24H35N3O6.2BrH/c1-2-33-24(31)20(16-32-14-11-17-9-12-25-13-10-17)26-19-8-7-18-5-3-4-6-21(18)27(23(19)30)15-22(28)29;;/h3-6,17,19-20,25-26H,2,7-16H2,1H3,(H,28,29);2*1H/t19?,20-;;/m0../s1. The fourth-order valence-corrected chi connectivity index (χ4v) is 4.46. The summed E-state index contributed by atoms with van der Waals surface area (Å²) in [6.45, 7) is 4.20. The third-order valence-corrected chi connectivity index (χ3v) is 6.23. The summed E-state index contributed by atoms with van der Waals surface area (Å²) in [4.78, 5) is 38.6. The molecule has 0 bridgehead atoms. The largest absolute Gasteiger partial charge is 0.480 e. The van der Waals surface area contributed by atoms with Crippen LogP contribution in [0.5, 0.6) is 0 Å². The Balaban J connectivity index is 0.00000306. The fraction of sp³-hybridized carbons (Fsp3) is 0.625. The van der Waals surface area contributed by atoms with Crippen LogP contribution in [-0.4, -0.2) is 74.5 Å². The Morgan fingerprint density at radius 1 is 1.20 bits per heavy atom. The zero-order valence-corrected chi connectivity index (χ0v) is 23.5. The van der Waals surface area contributed by atoms with E-state index in [2.05, 4.69) is 10.6 Å². The van der Waals surface area contributed by atoms with Crippen molar-refractivity contribution in [3.63, 3.8) is 0 Å². The van der Waals surface area contributed by atoms with Gasteiger partial charge in [-0.1, -0.05) is 18.2 Å². The minimum Gasteiger partial charge on any atom is -0.480 e. The van der Waals surface area contributed by atoms with Crippen molar-refractivity contribution in [2.45, 2.75) is 51.1 Å². The van der Waals surface area contributed by atoms with Crippen molar-refractivity contribution in [2.24, 2.45) is 5.92 Å². The topological polar surface area (TPSA) is 117 Å². The SMILES string of the molecule is Br.Br.CCOC(=O)[C@H](COCCC1CCNCC1)NC1CCc2ccccc2N(CC(=O)O)C1=O. The number of anilines is 1. The molecule has 3 N–H and O–H groups in total. The molecular weight excluding hydrogens is 586 g/mol. The predicted octanol–water partition coefficient (Wildman–Crippen LogP) is 2.50. The molecule has 2 heterocycles. The number of hydrogen-bond acceptors (Lipinski definition) is 7. The monoisotopic (exact) mass is 621 g/mol. The number of fused-ring (bicyclic) bond motifs is 1. The molecule has 35 heavy (non-hydrogen) atoms. The van der Waals surface area contributed by atoms with Crippen LogP contribution in [0.4, 0.5) is 5.69 Å². The van der Waals surface area contributed by atoms with Crippen LogP contribution in [0.1, 0.15) is 38.2 Å². The van der Waals surface area contributed by atoms with Gasteiger partial charge >= 0.3 is 11.9 Å². The Hall–Kier alpha value is -1.53. The number of rotatable bonds is 11. The molecule has 0 radical (unpaired) electrons. The molecule has 3 rings (SSSR count). The quantitative estimate of drug-likeness (QED) is 0.255. The number of carbonyl (C=O) groups excluding carboxylic acids is 2. The van der Waals surface area contributed by atoms with Gasteiger partial charge in [0.2, 0.25) is 5.91 Å². The number of aryl methyl sites for hydroxylation is 1. The first-order chi connectivity index (χ1) is 16.0. The normalized spacial score (nSPS) is 18.9. The second kappa shape index (κ2) is 16.3. The number of aliphatic carboxylic acids is 1. The molecule has 1 aromatic rings. The molecule has 9 nitrogen and oxygen atoms in total. The molecule has 0 spiro atoms. The van der Waals surface area contributed by atoms with Crippen LogP contribution < -0.4 is 15.5 Å². The smallest absolute Gasteiger partial charge is 0.325 e. The molecule has 1 aromatic carbocycles. The Morgan fingerprint density at radius 2 is 1.91 bits per heavy atom. The van der Waals surface area contributed by atoms with Crippen LogP contribution in [0.3, 0.4) is 0 Å². The minimum absolute atomic E-state index is 0. The summed E-state index contributed by atoms with van der Waals surface area (Å²) < 4.78 is 11.0. The molecule has 11 heteroatoms. The maximum Gasteiger partial charge on any atom is 0.325 e. The van der Waals surface area contributed by atoms with Gasteiger partial charge in [-0.05, 0) is 69.7 Å². The number of hydrogen-bond donors (Lipinski definition) is 3. The molecule has 1 amide bonds. The Kier molecular flexibility index (Phi) is 14.6. The van der Waals surface area contributed by atoms with Crippen molar-refractivity contribution >= 4 is 57.5 Å². The molecular formula is C24H37Br2N3O6. The molecule has 0 aromatic heterocycles. The van der Waals surface area contributed by atoms with Gasteiger partial charge in [-0.15, -0.1) is 34.0 Å². The minimum atomic E-state index is -1.10. The summed E-state index contributed by atoms with van der Waals surface area (Å²) in [5.74, 6) is -1.32. The lowest BCUT2D eigenvalue weighted by Gasteiger charge is -2.27. The summed E-state index contributed by atoms with van der Waals surface area (Å²) in [5, 5.41) is 15.8. The first-order valence-electron chi connectivity index (χ1n) is 11.8. The summed E-state index contributed by atoms with van der Waals surface area (Å²) in [6, 6.07) is 5.77. The van der Waals surface area contributed by atoms with E-state index >= 15 is 0 Å². The van der Waals surface area contributed by atoms with Gasteiger partial charge in [0.05, 0.1) is 19.3 Å². The lowest BCUT2D eigenvalue weighted by Crippen LogP contribution is -2.54. The van der Waals surface area contributed by atoms with Crippen LogP contribution in [-0.2, 0) is 30.3 Å². The number of carbonyl (C=O) groups is 3. The number of nitrogens with zero attached hydrogens (tertiary/aromatic N) is 1. The molecule has 2 aliphatic heterocycles. The van der Waals surface area contributed by atoms with Crippen molar-refractivity contribution in [3.8, 4) is 0 Å². The summed E-state index contributed by atoms with van der Waals surface area (Å²) in [5.41, 5.74) is 1.50. The number of para-hydroxylation sites is 1. The number of benzene rings is 1.